The number of aromatic nitrogens is 4. The molecule has 3 heterocycles. The Kier molecular flexibility index (Phi) is 7.63. The van der Waals surface area contributed by atoms with Crippen LogP contribution in [-0.4, -0.2) is 83.4 Å². The Bertz CT molecular complexity index is 1620. The van der Waals surface area contributed by atoms with Crippen molar-refractivity contribution < 1.29 is 43.1 Å². The van der Waals surface area contributed by atoms with Crippen LogP contribution < -0.4 is 10.2 Å². The van der Waals surface area contributed by atoms with Crippen LogP contribution in [0, 0.1) is 12.3 Å². The Balaban J connectivity index is 1.40. The highest BCUT2D eigenvalue weighted by Crippen LogP contribution is 2.33. The highest BCUT2D eigenvalue weighted by molar-refractivity contribution is 5.81. The molecule has 12 nitrogen and oxygen atoms in total. The number of nitrogens with one attached hydrogen (secondary N) is 1. The third-order valence-corrected chi connectivity index (χ3v) is 6.48. The fraction of sp³-hybridized carbons (Fsp3) is 0.308. The number of rotatable bonds is 6. The van der Waals surface area contributed by atoms with Gasteiger partial charge in [-0.15, -0.1) is 0 Å². The summed E-state index contributed by atoms with van der Waals surface area (Å²) in [6.45, 7) is 1.24. The molecule has 5 unspecified atom stereocenters. The van der Waals surface area contributed by atoms with Crippen molar-refractivity contribution in [1.29, 1.82) is 5.41 Å². The lowest BCUT2D eigenvalue weighted by molar-refractivity contribution is -0.277. The van der Waals surface area contributed by atoms with Crippen LogP contribution in [0.15, 0.2) is 60.0 Å². The SMILES string of the molecule is Cc1ccc(-n2nc(C(F)(F)F)c3c(=N)n(/N=C\c4ccc(OC5OC(CO)C(O)C(O)C5O)cc4)cnc32)cc1. The number of aryl methyl sites for hydroxylation is 1. The lowest BCUT2D eigenvalue weighted by Gasteiger charge is -2.39. The fourth-order valence-electron chi connectivity index (χ4n) is 4.24. The molecule has 15 heteroatoms. The van der Waals surface area contributed by atoms with Gasteiger partial charge in [0.15, 0.2) is 16.8 Å². The number of ether oxygens (including phenoxy) is 2. The maximum atomic E-state index is 13.9. The van der Waals surface area contributed by atoms with Crippen molar-refractivity contribution in [3.8, 4) is 11.4 Å². The van der Waals surface area contributed by atoms with Crippen LogP contribution in [0.25, 0.3) is 16.7 Å². The molecule has 2 aromatic heterocycles. The number of hydrogen-bond donors (Lipinski definition) is 5. The second kappa shape index (κ2) is 11.0. The molecule has 216 valence electrons. The lowest BCUT2D eigenvalue weighted by atomic mass is 9.99. The van der Waals surface area contributed by atoms with Crippen LogP contribution in [0.5, 0.6) is 5.75 Å². The van der Waals surface area contributed by atoms with E-state index in [1.807, 2.05) is 6.92 Å². The van der Waals surface area contributed by atoms with Gasteiger partial charge in [-0.25, -0.2) is 14.3 Å². The van der Waals surface area contributed by atoms with E-state index in [1.165, 1.54) is 30.5 Å². The summed E-state index contributed by atoms with van der Waals surface area (Å²) in [5.41, 5.74) is -0.229. The molecule has 4 aromatic rings. The number of fused-ring (bicyclic) bond motifs is 1. The molecule has 1 fully saturated rings. The van der Waals surface area contributed by atoms with E-state index in [4.69, 9.17) is 14.9 Å². The Morgan fingerprint density at radius 2 is 1.73 bits per heavy atom. The zero-order valence-electron chi connectivity index (χ0n) is 21.3. The molecule has 5 rings (SSSR count). The van der Waals surface area contributed by atoms with E-state index < -0.39 is 60.1 Å². The summed E-state index contributed by atoms with van der Waals surface area (Å²) in [5.74, 6) is 0.210. The molecule has 1 aliphatic heterocycles. The van der Waals surface area contributed by atoms with Crippen LogP contribution in [0.3, 0.4) is 0 Å². The zero-order valence-corrected chi connectivity index (χ0v) is 21.3. The van der Waals surface area contributed by atoms with Crippen LogP contribution in [0.2, 0.25) is 0 Å². The molecular formula is C26H25F3N6O6. The van der Waals surface area contributed by atoms with Gasteiger partial charge in [0.05, 0.1) is 23.9 Å². The van der Waals surface area contributed by atoms with Gasteiger partial charge in [-0.05, 0) is 48.9 Å². The van der Waals surface area contributed by atoms with E-state index in [2.05, 4.69) is 15.2 Å². The van der Waals surface area contributed by atoms with Crippen molar-refractivity contribution in [2.75, 3.05) is 6.61 Å². The van der Waals surface area contributed by atoms with E-state index in [0.717, 1.165) is 21.2 Å². The topological polar surface area (TPSA) is 171 Å². The van der Waals surface area contributed by atoms with Crippen molar-refractivity contribution in [3.63, 3.8) is 0 Å². The normalized spacial score (nSPS) is 23.4. The Hall–Kier alpha value is -4.15. The molecule has 0 amide bonds. The summed E-state index contributed by atoms with van der Waals surface area (Å²) >= 11 is 0. The first kappa shape index (κ1) is 28.4. The monoisotopic (exact) mass is 574 g/mol. The largest absolute Gasteiger partial charge is 0.462 e. The van der Waals surface area contributed by atoms with Crippen molar-refractivity contribution in [1.82, 2.24) is 19.4 Å². The standard InChI is InChI=1S/C26H25F3N6O6/c1-13-2-6-15(7-3-13)35-24-18(22(33-35)26(27,28)29)23(30)34(12-31-24)32-10-14-4-8-16(9-5-14)40-25-21(39)20(38)19(37)17(11-36)41-25/h2-10,12,17,19-21,25,30,36-39H,11H2,1H3/b30-23?,32-10-. The van der Waals surface area contributed by atoms with Gasteiger partial charge in [0.25, 0.3) is 0 Å². The zero-order chi connectivity index (χ0) is 29.5. The number of alkyl halides is 3. The lowest BCUT2D eigenvalue weighted by Crippen LogP contribution is -2.60. The van der Waals surface area contributed by atoms with Gasteiger partial charge in [-0.3, -0.25) is 5.41 Å². The van der Waals surface area contributed by atoms with Gasteiger partial charge in [0, 0.05) is 0 Å². The van der Waals surface area contributed by atoms with E-state index in [-0.39, 0.29) is 11.4 Å². The number of nitrogens with zero attached hydrogens (tertiary/aromatic N) is 5. The van der Waals surface area contributed by atoms with Crippen molar-refractivity contribution in [2.45, 2.75) is 43.8 Å². The van der Waals surface area contributed by atoms with Crippen molar-refractivity contribution >= 4 is 17.2 Å². The summed E-state index contributed by atoms with van der Waals surface area (Å²) in [5, 5.41) is 55.0. The average Bonchev–Trinajstić information content (AvgIpc) is 3.35. The minimum absolute atomic E-state index is 0.146. The molecule has 5 N–H and O–H groups in total. The molecule has 0 bridgehead atoms. The summed E-state index contributed by atoms with van der Waals surface area (Å²) in [6.07, 6.45) is -9.63. The van der Waals surface area contributed by atoms with E-state index >= 15 is 0 Å². The number of benzene rings is 2. The molecule has 0 aliphatic carbocycles. The molecule has 0 saturated carbocycles. The fourth-order valence-corrected chi connectivity index (χ4v) is 4.24. The molecule has 41 heavy (non-hydrogen) atoms. The smallest absolute Gasteiger partial charge is 0.436 e. The first-order valence-electron chi connectivity index (χ1n) is 12.3. The molecule has 1 aliphatic rings. The van der Waals surface area contributed by atoms with Crippen LogP contribution in [-0.2, 0) is 10.9 Å². The molecular weight excluding hydrogens is 549 g/mol. The highest BCUT2D eigenvalue weighted by Gasteiger charge is 2.44. The quantitative estimate of drug-likeness (QED) is 0.213. The number of hydrogen-bond acceptors (Lipinski definition) is 10. The van der Waals surface area contributed by atoms with E-state index in [0.29, 0.717) is 11.3 Å². The average molecular weight is 575 g/mol. The number of aliphatic hydroxyl groups is 4. The second-order valence-corrected chi connectivity index (χ2v) is 9.36. The summed E-state index contributed by atoms with van der Waals surface area (Å²) < 4.78 is 54.4. The Labute approximate surface area is 229 Å². The molecule has 0 spiro atoms. The molecule has 0 radical (unpaired) electrons. The van der Waals surface area contributed by atoms with Crippen LogP contribution >= 0.6 is 0 Å². The minimum atomic E-state index is -4.84. The van der Waals surface area contributed by atoms with Crippen LogP contribution in [0.4, 0.5) is 13.2 Å². The van der Waals surface area contributed by atoms with Crippen LogP contribution in [0.1, 0.15) is 16.8 Å². The first-order valence-corrected chi connectivity index (χ1v) is 12.3. The molecule has 5 atom stereocenters. The van der Waals surface area contributed by atoms with E-state index in [1.54, 1.807) is 24.3 Å². The maximum absolute atomic E-state index is 13.9. The van der Waals surface area contributed by atoms with Crippen molar-refractivity contribution in [3.05, 3.63) is 77.2 Å². The first-order chi connectivity index (χ1) is 19.5. The van der Waals surface area contributed by atoms with Gasteiger partial charge < -0.3 is 29.9 Å². The summed E-state index contributed by atoms with van der Waals surface area (Å²) in [6, 6.07) is 12.7. The third-order valence-electron chi connectivity index (χ3n) is 6.48. The summed E-state index contributed by atoms with van der Waals surface area (Å²) in [4.78, 5) is 4.11. The van der Waals surface area contributed by atoms with Gasteiger partial charge >= 0.3 is 6.18 Å². The predicted molar refractivity (Wildman–Crippen MR) is 136 cm³/mol. The summed E-state index contributed by atoms with van der Waals surface area (Å²) in [7, 11) is 0. The van der Waals surface area contributed by atoms with E-state index in [9.17, 15) is 33.6 Å². The number of aliphatic hydroxyl groups excluding tert-OH is 4. The maximum Gasteiger partial charge on any atom is 0.436 e. The Morgan fingerprint density at radius 3 is 2.37 bits per heavy atom. The highest BCUT2D eigenvalue weighted by atomic mass is 19.4. The third kappa shape index (κ3) is 5.57. The van der Waals surface area contributed by atoms with Gasteiger partial charge in [-0.1, -0.05) is 17.7 Å². The Morgan fingerprint density at radius 1 is 1.05 bits per heavy atom. The van der Waals surface area contributed by atoms with Gasteiger partial charge in [0.1, 0.15) is 36.5 Å². The molecule has 1 saturated heterocycles. The van der Waals surface area contributed by atoms with Crippen molar-refractivity contribution in [2.24, 2.45) is 5.10 Å². The van der Waals surface area contributed by atoms with Gasteiger partial charge in [0.2, 0.25) is 6.29 Å². The number of halogens is 3. The van der Waals surface area contributed by atoms with Gasteiger partial charge in [-0.2, -0.15) is 23.4 Å². The molecule has 2 aromatic carbocycles. The minimum Gasteiger partial charge on any atom is -0.462 e. The predicted octanol–water partition coefficient (Wildman–Crippen LogP) is 1.09. The second-order valence-electron chi connectivity index (χ2n) is 9.36.